The van der Waals surface area contributed by atoms with Gasteiger partial charge in [0.1, 0.15) is 17.3 Å². The minimum Gasteiger partial charge on any atom is -0.497 e. The third kappa shape index (κ3) is 4.43. The van der Waals surface area contributed by atoms with E-state index in [0.717, 1.165) is 72.4 Å². The number of ether oxygens (including phenoxy) is 2. The van der Waals surface area contributed by atoms with Crippen molar-refractivity contribution in [3.05, 3.63) is 42.6 Å². The molecule has 1 saturated heterocycles. The molecule has 2 fully saturated rings. The Morgan fingerprint density at radius 3 is 2.28 bits per heavy atom. The molecule has 168 valence electrons. The number of fused-ring (bicyclic) bond motifs is 1. The van der Waals surface area contributed by atoms with Crippen LogP contribution in [0.25, 0.3) is 11.0 Å². The van der Waals surface area contributed by atoms with Crippen LogP contribution in [-0.4, -0.2) is 68.9 Å². The number of anilines is 3. The number of nitrogens with zero attached hydrogens (tertiary/aromatic N) is 5. The van der Waals surface area contributed by atoms with Crippen LogP contribution < -0.4 is 19.3 Å². The van der Waals surface area contributed by atoms with Crippen LogP contribution in [0.5, 0.6) is 11.5 Å². The first-order chi connectivity index (χ1) is 15.6. The second-order valence-electron chi connectivity index (χ2n) is 8.82. The first kappa shape index (κ1) is 20.8. The van der Waals surface area contributed by atoms with Crippen LogP contribution in [0.4, 0.5) is 17.2 Å². The van der Waals surface area contributed by atoms with Gasteiger partial charge in [-0.2, -0.15) is 0 Å². The average molecular weight is 434 g/mol. The van der Waals surface area contributed by atoms with Crippen molar-refractivity contribution in [2.24, 2.45) is 5.92 Å². The van der Waals surface area contributed by atoms with Crippen molar-refractivity contribution in [3.63, 3.8) is 0 Å². The molecule has 3 aromatic rings. The number of aromatic nitrogens is 2. The fraction of sp³-hybridized carbons (Fsp3) is 0.440. The zero-order chi connectivity index (χ0) is 22.1. The fourth-order valence-corrected chi connectivity index (χ4v) is 4.21. The van der Waals surface area contributed by atoms with E-state index >= 15 is 0 Å². The molecule has 32 heavy (non-hydrogen) atoms. The van der Waals surface area contributed by atoms with Gasteiger partial charge >= 0.3 is 0 Å². The molecule has 2 aromatic carbocycles. The van der Waals surface area contributed by atoms with E-state index in [1.54, 1.807) is 14.2 Å². The van der Waals surface area contributed by atoms with Crippen molar-refractivity contribution in [3.8, 4) is 11.5 Å². The van der Waals surface area contributed by atoms with Crippen molar-refractivity contribution in [2.75, 3.05) is 63.8 Å². The monoisotopic (exact) mass is 433 g/mol. The van der Waals surface area contributed by atoms with Gasteiger partial charge < -0.3 is 24.2 Å². The van der Waals surface area contributed by atoms with Gasteiger partial charge in [-0.05, 0) is 44.0 Å². The normalized spacial score (nSPS) is 16.9. The largest absolute Gasteiger partial charge is 0.497 e. The van der Waals surface area contributed by atoms with E-state index in [1.165, 1.54) is 12.8 Å². The minimum absolute atomic E-state index is 0.714. The van der Waals surface area contributed by atoms with Gasteiger partial charge in [0.25, 0.3) is 0 Å². The average Bonchev–Trinajstić information content (AvgIpc) is 3.66. The molecule has 0 N–H and O–H groups in total. The maximum absolute atomic E-state index is 5.53. The van der Waals surface area contributed by atoms with E-state index in [9.17, 15) is 0 Å². The summed E-state index contributed by atoms with van der Waals surface area (Å²) < 4.78 is 11.1. The Morgan fingerprint density at radius 1 is 0.906 bits per heavy atom. The predicted molar refractivity (Wildman–Crippen MR) is 129 cm³/mol. The molecule has 1 saturated carbocycles. The second-order valence-corrected chi connectivity index (χ2v) is 8.82. The van der Waals surface area contributed by atoms with Crippen molar-refractivity contribution in [1.29, 1.82) is 0 Å². The van der Waals surface area contributed by atoms with Crippen LogP contribution in [-0.2, 0) is 0 Å². The van der Waals surface area contributed by atoms with Gasteiger partial charge in [-0.15, -0.1) is 0 Å². The van der Waals surface area contributed by atoms with Crippen molar-refractivity contribution in [1.82, 2.24) is 14.9 Å². The lowest BCUT2D eigenvalue weighted by Crippen LogP contribution is -2.44. The number of rotatable bonds is 7. The molecule has 2 aliphatic rings. The quantitative estimate of drug-likeness (QED) is 0.559. The van der Waals surface area contributed by atoms with Gasteiger partial charge in [0.05, 0.1) is 31.4 Å². The SMILES string of the molecule is COc1cc(OC)cc(N(CC2CC2)c2ccc3ncc(N4CCN(C)CC4)nc3c2)c1. The molecule has 1 aromatic heterocycles. The van der Waals surface area contributed by atoms with E-state index in [0.29, 0.717) is 5.92 Å². The molecule has 0 atom stereocenters. The lowest BCUT2D eigenvalue weighted by molar-refractivity contribution is 0.312. The molecule has 0 radical (unpaired) electrons. The molecule has 7 nitrogen and oxygen atoms in total. The van der Waals surface area contributed by atoms with Crippen molar-refractivity contribution < 1.29 is 9.47 Å². The second kappa shape index (κ2) is 8.82. The zero-order valence-corrected chi connectivity index (χ0v) is 19.1. The minimum atomic E-state index is 0.714. The first-order valence-corrected chi connectivity index (χ1v) is 11.3. The summed E-state index contributed by atoms with van der Waals surface area (Å²) in [6.45, 7) is 5.02. The highest BCUT2D eigenvalue weighted by molar-refractivity contribution is 5.82. The number of hydrogen-bond donors (Lipinski definition) is 0. The molecule has 1 aliphatic heterocycles. The number of benzene rings is 2. The van der Waals surface area contributed by atoms with Gasteiger partial charge in [-0.25, -0.2) is 4.98 Å². The lowest BCUT2D eigenvalue weighted by atomic mass is 10.2. The van der Waals surface area contributed by atoms with E-state index in [4.69, 9.17) is 19.4 Å². The van der Waals surface area contributed by atoms with Crippen molar-refractivity contribution in [2.45, 2.75) is 12.8 Å². The molecule has 7 heteroatoms. The summed E-state index contributed by atoms with van der Waals surface area (Å²) in [5.41, 5.74) is 4.02. The summed E-state index contributed by atoms with van der Waals surface area (Å²) >= 11 is 0. The number of piperazine rings is 1. The van der Waals surface area contributed by atoms with Crippen LogP contribution in [0.15, 0.2) is 42.6 Å². The Labute approximate surface area is 189 Å². The van der Waals surface area contributed by atoms with E-state index in [2.05, 4.69) is 52.1 Å². The summed E-state index contributed by atoms with van der Waals surface area (Å²) in [5, 5.41) is 0. The van der Waals surface area contributed by atoms with Crippen LogP contribution in [0.1, 0.15) is 12.8 Å². The molecule has 5 rings (SSSR count). The molecule has 0 unspecified atom stereocenters. The highest BCUT2D eigenvalue weighted by atomic mass is 16.5. The molecule has 2 heterocycles. The Bertz CT molecular complexity index is 1070. The standard InChI is InChI=1S/C25H31N5O2/c1-28-8-10-29(11-9-28)25-16-26-23-7-6-19(14-24(23)27-25)30(17-18-4-5-18)20-12-21(31-2)15-22(13-20)32-3/h6-7,12-16,18H,4-5,8-11,17H2,1-3H3. The molecule has 0 spiro atoms. The third-order valence-corrected chi connectivity index (χ3v) is 6.44. The highest BCUT2D eigenvalue weighted by Crippen LogP contribution is 2.38. The van der Waals surface area contributed by atoms with Crippen LogP contribution >= 0.6 is 0 Å². The number of methoxy groups -OCH3 is 2. The van der Waals surface area contributed by atoms with Crippen molar-refractivity contribution >= 4 is 28.2 Å². The lowest BCUT2D eigenvalue weighted by Gasteiger charge is -2.33. The zero-order valence-electron chi connectivity index (χ0n) is 19.1. The maximum Gasteiger partial charge on any atom is 0.147 e. The van der Waals surface area contributed by atoms with E-state index in [1.807, 2.05) is 12.3 Å². The van der Waals surface area contributed by atoms with Gasteiger partial charge in [0, 0.05) is 62.3 Å². The summed E-state index contributed by atoms with van der Waals surface area (Å²) in [6.07, 6.45) is 4.46. The predicted octanol–water partition coefficient (Wildman–Crippen LogP) is 3.95. The summed E-state index contributed by atoms with van der Waals surface area (Å²) in [7, 11) is 5.54. The van der Waals surface area contributed by atoms with Gasteiger partial charge in [-0.1, -0.05) is 0 Å². The molecular weight excluding hydrogens is 402 g/mol. The number of hydrogen-bond acceptors (Lipinski definition) is 7. The summed E-state index contributed by atoms with van der Waals surface area (Å²) in [5.74, 6) is 3.25. The fourth-order valence-electron chi connectivity index (χ4n) is 4.21. The van der Waals surface area contributed by atoms with Gasteiger partial charge in [-0.3, -0.25) is 4.98 Å². The van der Waals surface area contributed by atoms with Crippen LogP contribution in [0.3, 0.4) is 0 Å². The summed E-state index contributed by atoms with van der Waals surface area (Å²) in [4.78, 5) is 16.7. The molecule has 1 aliphatic carbocycles. The van der Waals surface area contributed by atoms with E-state index < -0.39 is 0 Å². The molecule has 0 amide bonds. The van der Waals surface area contributed by atoms with Crippen LogP contribution in [0, 0.1) is 5.92 Å². The molecule has 0 bridgehead atoms. The number of likely N-dealkylation sites (N-methyl/N-ethyl adjacent to an activating group) is 1. The third-order valence-electron chi connectivity index (χ3n) is 6.44. The van der Waals surface area contributed by atoms with Crippen LogP contribution in [0.2, 0.25) is 0 Å². The first-order valence-electron chi connectivity index (χ1n) is 11.3. The van der Waals surface area contributed by atoms with E-state index in [-0.39, 0.29) is 0 Å². The Morgan fingerprint density at radius 2 is 1.62 bits per heavy atom. The Kier molecular flexibility index (Phi) is 5.74. The maximum atomic E-state index is 5.53. The van der Waals surface area contributed by atoms with Gasteiger partial charge in [0.2, 0.25) is 0 Å². The topological polar surface area (TPSA) is 54.0 Å². The molecular formula is C25H31N5O2. The Balaban J connectivity index is 1.51. The Hall–Kier alpha value is -3.06. The summed E-state index contributed by atoms with van der Waals surface area (Å²) in [6, 6.07) is 12.4. The highest BCUT2D eigenvalue weighted by Gasteiger charge is 2.26. The van der Waals surface area contributed by atoms with Gasteiger partial charge in [0.15, 0.2) is 0 Å². The smallest absolute Gasteiger partial charge is 0.147 e.